The van der Waals surface area contributed by atoms with Gasteiger partial charge in [-0.05, 0) is 58.1 Å². The Morgan fingerprint density at radius 2 is 1.88 bits per heavy atom. The van der Waals surface area contributed by atoms with Crippen LogP contribution in [0.4, 0.5) is 5.82 Å². The van der Waals surface area contributed by atoms with E-state index in [9.17, 15) is 9.59 Å². The molecule has 1 aromatic heterocycles. The van der Waals surface area contributed by atoms with Gasteiger partial charge in [-0.3, -0.25) is 9.59 Å². The summed E-state index contributed by atoms with van der Waals surface area (Å²) in [6.45, 7) is 7.21. The number of nitrogens with zero attached hydrogens (tertiary/aromatic N) is 2. The molecule has 2 heterocycles. The van der Waals surface area contributed by atoms with Crippen molar-refractivity contribution in [2.75, 3.05) is 18.0 Å². The number of rotatable bonds is 4. The van der Waals surface area contributed by atoms with Crippen LogP contribution in [0.15, 0.2) is 18.3 Å². The maximum Gasteiger partial charge on any atom is 0.317 e. The molecule has 136 valence electrons. The fourth-order valence-electron chi connectivity index (χ4n) is 3.36. The van der Waals surface area contributed by atoms with Crippen molar-refractivity contribution in [3.05, 3.63) is 23.9 Å². The first-order chi connectivity index (χ1) is 11.7. The molecule has 1 aliphatic carbocycles. The second-order valence-electron chi connectivity index (χ2n) is 8.15. The van der Waals surface area contributed by atoms with Crippen LogP contribution in [0.2, 0.25) is 0 Å². The first-order valence-corrected chi connectivity index (χ1v) is 8.95. The fourth-order valence-corrected chi connectivity index (χ4v) is 3.36. The summed E-state index contributed by atoms with van der Waals surface area (Å²) in [6, 6.07) is 3.95. The lowest BCUT2D eigenvalue weighted by atomic mass is 9.95. The third-order valence-corrected chi connectivity index (χ3v) is 5.06. The van der Waals surface area contributed by atoms with Crippen LogP contribution in [0.1, 0.15) is 52.0 Å². The number of carbonyl (C=O) groups excluding carboxylic acids is 2. The number of primary amides is 1. The van der Waals surface area contributed by atoms with Crippen molar-refractivity contribution in [1.29, 1.82) is 0 Å². The molecule has 0 spiro atoms. The lowest BCUT2D eigenvalue weighted by Crippen LogP contribution is -2.39. The van der Waals surface area contributed by atoms with Gasteiger partial charge in [-0.15, -0.1) is 0 Å². The van der Waals surface area contributed by atoms with Gasteiger partial charge in [0.2, 0.25) is 5.91 Å². The summed E-state index contributed by atoms with van der Waals surface area (Å²) in [5, 5.41) is 0. The molecule has 6 nitrogen and oxygen atoms in total. The molecule has 0 unspecified atom stereocenters. The van der Waals surface area contributed by atoms with E-state index in [4.69, 9.17) is 10.5 Å². The molecule has 0 atom stereocenters. The number of pyridine rings is 1. The average molecular weight is 345 g/mol. The fraction of sp³-hybridized carbons (Fsp3) is 0.632. The lowest BCUT2D eigenvalue weighted by Gasteiger charge is -2.31. The Balaban J connectivity index is 1.67. The molecule has 0 radical (unpaired) electrons. The van der Waals surface area contributed by atoms with Crippen molar-refractivity contribution < 1.29 is 14.3 Å². The Hall–Kier alpha value is -2.11. The van der Waals surface area contributed by atoms with Crippen molar-refractivity contribution in [2.24, 2.45) is 11.7 Å². The largest absolute Gasteiger partial charge is 0.459 e. The first-order valence-electron chi connectivity index (χ1n) is 8.95. The minimum absolute atomic E-state index is 0.0302. The van der Waals surface area contributed by atoms with Gasteiger partial charge in [0.25, 0.3) is 0 Å². The molecule has 1 saturated heterocycles. The molecule has 3 rings (SSSR count). The van der Waals surface area contributed by atoms with Crippen LogP contribution in [0, 0.1) is 5.92 Å². The molecular formula is C19H27N3O3. The molecule has 6 heteroatoms. The minimum atomic E-state index is -0.516. The maximum absolute atomic E-state index is 12.5. The van der Waals surface area contributed by atoms with Crippen molar-refractivity contribution >= 4 is 17.7 Å². The summed E-state index contributed by atoms with van der Waals surface area (Å²) in [4.78, 5) is 30.5. The quantitative estimate of drug-likeness (QED) is 0.845. The number of esters is 1. The van der Waals surface area contributed by atoms with Crippen LogP contribution >= 0.6 is 0 Å². The highest BCUT2D eigenvalue weighted by molar-refractivity contribution is 5.87. The Bertz CT molecular complexity index is 651. The van der Waals surface area contributed by atoms with Gasteiger partial charge in [-0.2, -0.15) is 0 Å². The van der Waals surface area contributed by atoms with Crippen LogP contribution in [0.5, 0.6) is 0 Å². The summed E-state index contributed by atoms with van der Waals surface area (Å²) in [5.41, 5.74) is 5.31. The number of hydrogen-bond donors (Lipinski definition) is 1. The third kappa shape index (κ3) is 3.78. The number of nitrogens with two attached hydrogens (primary N) is 1. The molecule has 0 aromatic carbocycles. The second-order valence-corrected chi connectivity index (χ2v) is 8.15. The second kappa shape index (κ2) is 6.32. The van der Waals surface area contributed by atoms with Crippen molar-refractivity contribution in [3.63, 3.8) is 0 Å². The normalized spacial score (nSPS) is 20.2. The molecule has 1 aliphatic heterocycles. The molecule has 2 N–H and O–H groups in total. The van der Waals surface area contributed by atoms with Crippen LogP contribution in [-0.4, -0.2) is 35.6 Å². The van der Waals surface area contributed by atoms with Crippen LogP contribution in [0.3, 0.4) is 0 Å². The number of anilines is 1. The van der Waals surface area contributed by atoms with E-state index in [1.807, 2.05) is 32.9 Å². The maximum atomic E-state index is 12.5. The zero-order chi connectivity index (χ0) is 18.2. The Labute approximate surface area is 148 Å². The predicted molar refractivity (Wildman–Crippen MR) is 95.1 cm³/mol. The van der Waals surface area contributed by atoms with Crippen LogP contribution in [-0.2, 0) is 19.7 Å². The number of piperidine rings is 1. The summed E-state index contributed by atoms with van der Waals surface area (Å²) in [6.07, 6.45) is 4.95. The molecule has 1 saturated carbocycles. The molecular weight excluding hydrogens is 318 g/mol. The van der Waals surface area contributed by atoms with Gasteiger partial charge in [0.1, 0.15) is 11.4 Å². The van der Waals surface area contributed by atoms with E-state index < -0.39 is 11.0 Å². The van der Waals surface area contributed by atoms with Gasteiger partial charge in [0.05, 0.1) is 5.41 Å². The summed E-state index contributed by atoms with van der Waals surface area (Å²) in [5.74, 6) is 0.483. The van der Waals surface area contributed by atoms with E-state index in [0.717, 1.165) is 50.2 Å². The van der Waals surface area contributed by atoms with Gasteiger partial charge >= 0.3 is 5.97 Å². The zero-order valence-electron chi connectivity index (χ0n) is 15.2. The van der Waals surface area contributed by atoms with Gasteiger partial charge in [0.15, 0.2) is 0 Å². The molecule has 25 heavy (non-hydrogen) atoms. The summed E-state index contributed by atoms with van der Waals surface area (Å²) in [7, 11) is 0. The Morgan fingerprint density at radius 3 is 2.32 bits per heavy atom. The van der Waals surface area contributed by atoms with Crippen LogP contribution in [0.25, 0.3) is 0 Å². The summed E-state index contributed by atoms with van der Waals surface area (Å²) >= 11 is 0. The SMILES string of the molecule is CC(C)(C)OC(=O)C1(c2ccc(N3CCC(C(N)=O)CC3)nc2)CC1. The van der Waals surface area contributed by atoms with Gasteiger partial charge in [0, 0.05) is 25.2 Å². The van der Waals surface area contributed by atoms with E-state index in [1.165, 1.54) is 0 Å². The molecule has 2 aliphatic rings. The predicted octanol–water partition coefficient (Wildman–Crippen LogP) is 2.16. The smallest absolute Gasteiger partial charge is 0.317 e. The van der Waals surface area contributed by atoms with Crippen molar-refractivity contribution in [1.82, 2.24) is 4.98 Å². The Morgan fingerprint density at radius 1 is 1.24 bits per heavy atom. The number of amides is 1. The number of ether oxygens (including phenoxy) is 1. The monoisotopic (exact) mass is 345 g/mol. The zero-order valence-corrected chi connectivity index (χ0v) is 15.2. The minimum Gasteiger partial charge on any atom is -0.459 e. The molecule has 1 aromatic rings. The molecule has 2 fully saturated rings. The highest BCUT2D eigenvalue weighted by atomic mass is 16.6. The van der Waals surface area contributed by atoms with E-state index >= 15 is 0 Å². The van der Waals surface area contributed by atoms with Crippen LogP contribution < -0.4 is 10.6 Å². The average Bonchev–Trinajstić information content (AvgIpc) is 3.35. The Kier molecular flexibility index (Phi) is 4.47. The number of carbonyl (C=O) groups is 2. The van der Waals surface area contributed by atoms with E-state index in [2.05, 4.69) is 9.88 Å². The van der Waals surface area contributed by atoms with Crippen molar-refractivity contribution in [3.8, 4) is 0 Å². The summed E-state index contributed by atoms with van der Waals surface area (Å²) < 4.78 is 5.58. The molecule has 1 amide bonds. The molecule has 0 bridgehead atoms. The third-order valence-electron chi connectivity index (χ3n) is 5.06. The van der Waals surface area contributed by atoms with E-state index in [1.54, 1.807) is 6.20 Å². The van der Waals surface area contributed by atoms with Gasteiger partial charge in [-0.25, -0.2) is 4.98 Å². The van der Waals surface area contributed by atoms with Gasteiger partial charge < -0.3 is 15.4 Å². The van der Waals surface area contributed by atoms with Crippen molar-refractivity contribution in [2.45, 2.75) is 57.5 Å². The number of hydrogen-bond acceptors (Lipinski definition) is 5. The van der Waals surface area contributed by atoms with E-state index in [0.29, 0.717) is 0 Å². The van der Waals surface area contributed by atoms with Gasteiger partial charge in [-0.1, -0.05) is 6.07 Å². The number of aromatic nitrogens is 1. The highest BCUT2D eigenvalue weighted by Crippen LogP contribution is 2.49. The first kappa shape index (κ1) is 17.7. The lowest BCUT2D eigenvalue weighted by molar-refractivity contribution is -0.158. The standard InChI is InChI=1S/C19H27N3O3/c1-18(2,3)25-17(24)19(8-9-19)14-4-5-15(21-12-14)22-10-6-13(7-11-22)16(20)23/h4-5,12-13H,6-11H2,1-3H3,(H2,20,23). The topological polar surface area (TPSA) is 85.5 Å². The van der Waals surface area contributed by atoms with E-state index in [-0.39, 0.29) is 17.8 Å². The highest BCUT2D eigenvalue weighted by Gasteiger charge is 2.54.